The van der Waals surface area contributed by atoms with Crippen LogP contribution in [0.2, 0.25) is 0 Å². The molecule has 1 aromatic heterocycles. The summed E-state index contributed by atoms with van der Waals surface area (Å²) >= 11 is 0. The van der Waals surface area contributed by atoms with Gasteiger partial charge in [-0.25, -0.2) is 4.98 Å². The maximum absolute atomic E-state index is 5.57. The Morgan fingerprint density at radius 1 is 1.09 bits per heavy atom. The van der Waals surface area contributed by atoms with Crippen molar-refractivity contribution in [3.63, 3.8) is 0 Å². The van der Waals surface area contributed by atoms with Crippen LogP contribution in [0.15, 0.2) is 47.8 Å². The second-order valence-corrected chi connectivity index (χ2v) is 4.84. The minimum atomic E-state index is -0.297. The highest BCUT2D eigenvalue weighted by atomic mass is 16.7. The van der Waals surface area contributed by atoms with Crippen LogP contribution in [-0.4, -0.2) is 37.0 Å². The Bertz CT molecular complexity index is 685. The highest BCUT2D eigenvalue weighted by molar-refractivity contribution is 5.99. The molecule has 1 atom stereocenters. The molecule has 2 aromatic rings. The lowest BCUT2D eigenvalue weighted by Gasteiger charge is -2.20. The summed E-state index contributed by atoms with van der Waals surface area (Å²) in [5.41, 5.74) is 1.90. The number of hydrogen-bond donors (Lipinski definition) is 0. The van der Waals surface area contributed by atoms with Gasteiger partial charge in [-0.05, 0) is 30.3 Å². The van der Waals surface area contributed by atoms with Crippen molar-refractivity contribution in [2.45, 2.75) is 6.23 Å². The van der Waals surface area contributed by atoms with Gasteiger partial charge < -0.3 is 19.2 Å². The Hall–Kier alpha value is -2.76. The zero-order valence-electron chi connectivity index (χ0n) is 12.7. The van der Waals surface area contributed by atoms with Crippen molar-refractivity contribution in [1.29, 1.82) is 0 Å². The van der Waals surface area contributed by atoms with Crippen molar-refractivity contribution in [3.8, 4) is 11.6 Å². The smallest absolute Gasteiger partial charge is 0.227 e. The van der Waals surface area contributed by atoms with E-state index < -0.39 is 0 Å². The fourth-order valence-electron chi connectivity index (χ4n) is 2.32. The van der Waals surface area contributed by atoms with Crippen molar-refractivity contribution in [2.24, 2.45) is 5.16 Å². The molecule has 1 aromatic carbocycles. The molecule has 3 rings (SSSR count). The summed E-state index contributed by atoms with van der Waals surface area (Å²) < 4.78 is 10.3. The van der Waals surface area contributed by atoms with Crippen LogP contribution in [0.3, 0.4) is 0 Å². The van der Waals surface area contributed by atoms with Crippen LogP contribution in [0.1, 0.15) is 17.4 Å². The third-order valence-corrected chi connectivity index (χ3v) is 3.53. The van der Waals surface area contributed by atoms with E-state index in [2.05, 4.69) is 10.1 Å². The predicted octanol–water partition coefficient (Wildman–Crippen LogP) is 2.42. The third-order valence-electron chi connectivity index (χ3n) is 3.53. The third kappa shape index (κ3) is 2.55. The number of rotatable bonds is 4. The molecule has 0 saturated heterocycles. The van der Waals surface area contributed by atoms with Gasteiger partial charge in [0.05, 0.1) is 14.2 Å². The average molecular weight is 299 g/mol. The lowest BCUT2D eigenvalue weighted by molar-refractivity contribution is 0.0188. The first-order valence-electron chi connectivity index (χ1n) is 6.84. The van der Waals surface area contributed by atoms with E-state index in [1.807, 2.05) is 48.3 Å². The molecule has 0 N–H and O–H groups in total. The number of amidine groups is 1. The Kier molecular flexibility index (Phi) is 3.82. The van der Waals surface area contributed by atoms with Crippen LogP contribution < -0.4 is 9.47 Å². The number of hydrogen-bond acceptors (Lipinski definition) is 6. The molecule has 1 aliphatic heterocycles. The molecule has 1 aliphatic rings. The molecule has 6 heteroatoms. The van der Waals surface area contributed by atoms with Crippen LogP contribution in [0.5, 0.6) is 11.6 Å². The molecule has 0 spiro atoms. The number of ether oxygens (including phenoxy) is 2. The van der Waals surface area contributed by atoms with Crippen LogP contribution in [0.4, 0.5) is 0 Å². The minimum Gasteiger partial charge on any atom is -0.497 e. The molecule has 114 valence electrons. The number of methoxy groups -OCH3 is 2. The van der Waals surface area contributed by atoms with Gasteiger partial charge in [-0.1, -0.05) is 5.16 Å². The first-order valence-corrected chi connectivity index (χ1v) is 6.84. The van der Waals surface area contributed by atoms with Crippen molar-refractivity contribution in [3.05, 3.63) is 53.7 Å². The van der Waals surface area contributed by atoms with Gasteiger partial charge in [0.15, 0.2) is 5.84 Å². The van der Waals surface area contributed by atoms with Gasteiger partial charge in [-0.15, -0.1) is 0 Å². The van der Waals surface area contributed by atoms with Crippen molar-refractivity contribution in [2.75, 3.05) is 21.3 Å². The summed E-state index contributed by atoms with van der Waals surface area (Å²) in [4.78, 5) is 11.6. The topological polar surface area (TPSA) is 56.2 Å². The molecule has 0 radical (unpaired) electrons. The summed E-state index contributed by atoms with van der Waals surface area (Å²) in [6.45, 7) is 0. The molecule has 0 saturated carbocycles. The Balaban J connectivity index is 1.82. The lowest BCUT2D eigenvalue weighted by Crippen LogP contribution is -2.26. The fourth-order valence-corrected chi connectivity index (χ4v) is 2.32. The van der Waals surface area contributed by atoms with E-state index in [9.17, 15) is 0 Å². The van der Waals surface area contributed by atoms with E-state index in [0.29, 0.717) is 5.88 Å². The Morgan fingerprint density at radius 3 is 2.55 bits per heavy atom. The molecule has 1 unspecified atom stereocenters. The highest BCUT2D eigenvalue weighted by Gasteiger charge is 2.29. The quantitative estimate of drug-likeness (QED) is 0.868. The van der Waals surface area contributed by atoms with Gasteiger partial charge in [0.1, 0.15) is 5.75 Å². The Labute approximate surface area is 128 Å². The summed E-state index contributed by atoms with van der Waals surface area (Å²) in [7, 11) is 5.17. The molecular weight excluding hydrogens is 282 g/mol. The normalized spacial score (nSPS) is 17.0. The molecule has 0 bridgehead atoms. The van der Waals surface area contributed by atoms with Gasteiger partial charge in [-0.3, -0.25) is 0 Å². The SMILES string of the molecule is COc1ccc(C2=NOC(c3ccnc(OC)c3)N2C)cc1. The average Bonchev–Trinajstić information content (AvgIpc) is 2.96. The van der Waals surface area contributed by atoms with Gasteiger partial charge >= 0.3 is 0 Å². The molecule has 22 heavy (non-hydrogen) atoms. The zero-order valence-corrected chi connectivity index (χ0v) is 12.7. The lowest BCUT2D eigenvalue weighted by atomic mass is 10.1. The van der Waals surface area contributed by atoms with Gasteiger partial charge in [0.25, 0.3) is 0 Å². The van der Waals surface area contributed by atoms with Gasteiger partial charge in [0.2, 0.25) is 12.1 Å². The first kappa shape index (κ1) is 14.2. The highest BCUT2D eigenvalue weighted by Crippen LogP contribution is 2.30. The monoisotopic (exact) mass is 299 g/mol. The number of aromatic nitrogens is 1. The van der Waals surface area contributed by atoms with Crippen molar-refractivity contribution in [1.82, 2.24) is 9.88 Å². The standard InChI is InChI=1S/C16H17N3O3/c1-19-15(11-4-6-13(20-2)7-5-11)18-22-16(19)12-8-9-17-14(10-12)21-3/h4-10,16H,1-3H3. The maximum Gasteiger partial charge on any atom is 0.227 e. The Morgan fingerprint density at radius 2 is 1.86 bits per heavy atom. The number of pyridine rings is 1. The van der Waals surface area contributed by atoms with Crippen LogP contribution in [-0.2, 0) is 4.84 Å². The summed E-state index contributed by atoms with van der Waals surface area (Å²) in [5, 5.41) is 4.20. The molecule has 2 heterocycles. The molecule has 6 nitrogen and oxygen atoms in total. The molecule has 0 aliphatic carbocycles. The zero-order chi connectivity index (χ0) is 15.5. The number of nitrogens with zero attached hydrogens (tertiary/aromatic N) is 3. The van der Waals surface area contributed by atoms with E-state index in [-0.39, 0.29) is 6.23 Å². The number of oxime groups is 1. The predicted molar refractivity (Wildman–Crippen MR) is 81.9 cm³/mol. The van der Waals surface area contributed by atoms with Crippen molar-refractivity contribution < 1.29 is 14.3 Å². The summed E-state index contributed by atoms with van der Waals surface area (Å²) in [6.07, 6.45) is 1.39. The minimum absolute atomic E-state index is 0.297. The van der Waals surface area contributed by atoms with Crippen LogP contribution >= 0.6 is 0 Å². The molecular formula is C16H17N3O3. The van der Waals surface area contributed by atoms with E-state index in [4.69, 9.17) is 14.3 Å². The maximum atomic E-state index is 5.57. The molecule has 0 amide bonds. The van der Waals surface area contributed by atoms with Gasteiger partial charge in [-0.2, -0.15) is 0 Å². The summed E-state index contributed by atoms with van der Waals surface area (Å²) in [5.74, 6) is 2.12. The van der Waals surface area contributed by atoms with Gasteiger partial charge in [0, 0.05) is 30.4 Å². The number of benzene rings is 1. The second-order valence-electron chi connectivity index (χ2n) is 4.84. The first-order chi connectivity index (χ1) is 10.7. The largest absolute Gasteiger partial charge is 0.497 e. The van der Waals surface area contributed by atoms with E-state index in [1.165, 1.54) is 0 Å². The van der Waals surface area contributed by atoms with Crippen molar-refractivity contribution >= 4 is 5.84 Å². The van der Waals surface area contributed by atoms with Crippen LogP contribution in [0, 0.1) is 0 Å². The van der Waals surface area contributed by atoms with Crippen LogP contribution in [0.25, 0.3) is 0 Å². The molecule has 0 fully saturated rings. The second kappa shape index (κ2) is 5.93. The summed E-state index contributed by atoms with van der Waals surface area (Å²) in [6, 6.07) is 11.4. The van der Waals surface area contributed by atoms with E-state index in [1.54, 1.807) is 20.4 Å². The van der Waals surface area contributed by atoms with E-state index in [0.717, 1.165) is 22.7 Å². The van der Waals surface area contributed by atoms with E-state index >= 15 is 0 Å². The fraction of sp³-hybridized carbons (Fsp3) is 0.250.